The highest BCUT2D eigenvalue weighted by molar-refractivity contribution is 14.1. The van der Waals surface area contributed by atoms with Crippen LogP contribution in [0.3, 0.4) is 0 Å². The minimum atomic E-state index is -0.292. The molecule has 0 aliphatic rings. The number of nitrogens with one attached hydrogen (secondary N) is 1. The zero-order valence-corrected chi connectivity index (χ0v) is 25.3. The molecule has 0 aliphatic carbocycles. The fraction of sp³-hybridized carbons (Fsp3) is 0.118. The number of halogens is 1. The zero-order chi connectivity index (χ0) is 28.8. The van der Waals surface area contributed by atoms with Crippen molar-refractivity contribution in [3.63, 3.8) is 0 Å². The number of hydrazone groups is 1. The van der Waals surface area contributed by atoms with Gasteiger partial charge in [-0.05, 0) is 102 Å². The lowest BCUT2D eigenvalue weighted by Gasteiger charge is -2.14. The molecule has 41 heavy (non-hydrogen) atoms. The molecule has 5 rings (SSSR count). The number of amides is 1. The van der Waals surface area contributed by atoms with Crippen LogP contribution in [0.5, 0.6) is 11.5 Å². The van der Waals surface area contributed by atoms with E-state index in [-0.39, 0.29) is 5.91 Å². The molecule has 0 fully saturated rings. The fourth-order valence-electron chi connectivity index (χ4n) is 4.50. The molecule has 0 bridgehead atoms. The third-order valence-electron chi connectivity index (χ3n) is 6.67. The van der Waals surface area contributed by atoms with Gasteiger partial charge in [0.1, 0.15) is 6.61 Å². The summed E-state index contributed by atoms with van der Waals surface area (Å²) in [5, 5.41) is 4.18. The number of carbonyl (C=O) groups excluding carboxylic acids is 1. The molecule has 1 amide bonds. The van der Waals surface area contributed by atoms with Crippen LogP contribution >= 0.6 is 22.6 Å². The number of aromatic nitrogens is 1. The second-order valence-electron chi connectivity index (χ2n) is 9.62. The van der Waals surface area contributed by atoms with Gasteiger partial charge in [0.05, 0.1) is 22.6 Å². The first-order valence-electron chi connectivity index (χ1n) is 13.2. The van der Waals surface area contributed by atoms with Crippen LogP contribution in [0.25, 0.3) is 16.9 Å². The molecule has 0 saturated heterocycles. The van der Waals surface area contributed by atoms with Crippen LogP contribution in [0, 0.1) is 17.4 Å². The Bertz CT molecular complexity index is 1680. The minimum Gasteiger partial charge on any atom is -0.493 e. The van der Waals surface area contributed by atoms with E-state index in [0.29, 0.717) is 23.7 Å². The van der Waals surface area contributed by atoms with Crippen molar-refractivity contribution in [3.05, 3.63) is 135 Å². The molecular weight excluding hydrogens is 625 g/mol. The van der Waals surface area contributed by atoms with Crippen molar-refractivity contribution in [2.75, 3.05) is 7.11 Å². The maximum absolute atomic E-state index is 12.8. The van der Waals surface area contributed by atoms with Gasteiger partial charge in [-0.2, -0.15) is 5.10 Å². The average Bonchev–Trinajstić information content (AvgIpc) is 3.38. The average molecular weight is 656 g/mol. The van der Waals surface area contributed by atoms with Crippen molar-refractivity contribution in [2.24, 2.45) is 5.10 Å². The molecule has 1 aromatic heterocycles. The highest BCUT2D eigenvalue weighted by Gasteiger charge is 2.13. The quantitative estimate of drug-likeness (QED) is 0.101. The predicted molar refractivity (Wildman–Crippen MR) is 172 cm³/mol. The van der Waals surface area contributed by atoms with E-state index < -0.39 is 0 Å². The van der Waals surface area contributed by atoms with Gasteiger partial charge in [-0.1, -0.05) is 60.2 Å². The van der Waals surface area contributed by atoms with Crippen LogP contribution in [0.4, 0.5) is 0 Å². The summed E-state index contributed by atoms with van der Waals surface area (Å²) in [6, 6.07) is 34.0. The Morgan fingerprint density at radius 2 is 1.66 bits per heavy atom. The van der Waals surface area contributed by atoms with Crippen LogP contribution in [-0.4, -0.2) is 23.8 Å². The van der Waals surface area contributed by atoms with E-state index in [0.717, 1.165) is 37.3 Å². The maximum atomic E-state index is 12.8. The highest BCUT2D eigenvalue weighted by atomic mass is 127. The van der Waals surface area contributed by atoms with E-state index in [1.165, 1.54) is 5.56 Å². The van der Waals surface area contributed by atoms with E-state index in [2.05, 4.69) is 100 Å². The Morgan fingerprint density at radius 1 is 0.927 bits per heavy atom. The second-order valence-corrected chi connectivity index (χ2v) is 10.8. The summed E-state index contributed by atoms with van der Waals surface area (Å²) in [5.74, 6) is 0.978. The number of ether oxygens (including phenoxy) is 2. The van der Waals surface area contributed by atoms with E-state index in [4.69, 9.17) is 9.47 Å². The van der Waals surface area contributed by atoms with Crippen LogP contribution in [-0.2, 0) is 6.61 Å². The minimum absolute atomic E-state index is 0.292. The lowest BCUT2D eigenvalue weighted by atomic mass is 10.1. The van der Waals surface area contributed by atoms with Crippen molar-refractivity contribution in [1.29, 1.82) is 0 Å². The van der Waals surface area contributed by atoms with Gasteiger partial charge in [0, 0.05) is 16.9 Å². The Balaban J connectivity index is 1.25. The number of carbonyl (C=O) groups is 1. The number of hydrogen-bond donors (Lipinski definition) is 1. The summed E-state index contributed by atoms with van der Waals surface area (Å²) in [6.07, 6.45) is 1.59. The first-order valence-corrected chi connectivity index (χ1v) is 14.2. The molecule has 0 spiro atoms. The molecule has 0 radical (unpaired) electrons. The van der Waals surface area contributed by atoms with Crippen molar-refractivity contribution in [1.82, 2.24) is 9.99 Å². The van der Waals surface area contributed by atoms with Gasteiger partial charge in [0.15, 0.2) is 11.5 Å². The second kappa shape index (κ2) is 12.9. The lowest BCUT2D eigenvalue weighted by Crippen LogP contribution is -2.17. The number of hydrogen-bond acceptors (Lipinski definition) is 4. The van der Waals surface area contributed by atoms with Gasteiger partial charge in [-0.3, -0.25) is 4.79 Å². The van der Waals surface area contributed by atoms with Gasteiger partial charge in [-0.15, -0.1) is 0 Å². The topological polar surface area (TPSA) is 64.8 Å². The Hall–Kier alpha value is -4.37. The smallest absolute Gasteiger partial charge is 0.271 e. The van der Waals surface area contributed by atoms with Crippen LogP contribution < -0.4 is 14.9 Å². The largest absolute Gasteiger partial charge is 0.493 e. The monoisotopic (exact) mass is 655 g/mol. The first kappa shape index (κ1) is 28.2. The Morgan fingerprint density at radius 3 is 2.37 bits per heavy atom. The maximum Gasteiger partial charge on any atom is 0.271 e. The predicted octanol–water partition coefficient (Wildman–Crippen LogP) is 7.72. The molecule has 4 aromatic carbocycles. The van der Waals surface area contributed by atoms with Crippen molar-refractivity contribution >= 4 is 34.7 Å². The summed E-state index contributed by atoms with van der Waals surface area (Å²) in [4.78, 5) is 12.8. The molecule has 1 heterocycles. The third-order valence-corrected chi connectivity index (χ3v) is 7.47. The number of rotatable bonds is 9. The van der Waals surface area contributed by atoms with Gasteiger partial charge in [0.2, 0.25) is 0 Å². The molecule has 206 valence electrons. The number of aryl methyl sites for hydroxylation is 2. The van der Waals surface area contributed by atoms with E-state index >= 15 is 0 Å². The normalized spacial score (nSPS) is 11.0. The SMILES string of the molecule is COc1cc(/C=N/NC(=O)c2ccc(-n3c(C)ccc3-c3ccccc3)cc2)cc(I)c1OCc1ccc(C)cc1. The summed E-state index contributed by atoms with van der Waals surface area (Å²) in [6.45, 7) is 4.56. The molecule has 0 atom stereocenters. The lowest BCUT2D eigenvalue weighted by molar-refractivity contribution is 0.0955. The summed E-state index contributed by atoms with van der Waals surface area (Å²) < 4.78 is 14.7. The molecule has 0 aliphatic heterocycles. The molecule has 6 nitrogen and oxygen atoms in total. The van der Waals surface area contributed by atoms with Crippen LogP contribution in [0.1, 0.15) is 32.7 Å². The van der Waals surface area contributed by atoms with Crippen LogP contribution in [0.2, 0.25) is 0 Å². The van der Waals surface area contributed by atoms with Gasteiger partial charge in [0.25, 0.3) is 5.91 Å². The first-order chi connectivity index (χ1) is 19.9. The van der Waals surface area contributed by atoms with Crippen LogP contribution in [0.15, 0.2) is 108 Å². The summed E-state index contributed by atoms with van der Waals surface area (Å²) in [5.41, 5.74) is 10.5. The number of methoxy groups -OCH3 is 1. The highest BCUT2D eigenvalue weighted by Crippen LogP contribution is 2.34. The van der Waals surface area contributed by atoms with E-state index in [9.17, 15) is 4.79 Å². The molecular formula is C34H30IN3O3. The van der Waals surface area contributed by atoms with E-state index in [1.807, 2.05) is 42.5 Å². The zero-order valence-electron chi connectivity index (χ0n) is 23.1. The van der Waals surface area contributed by atoms with Gasteiger partial charge < -0.3 is 14.0 Å². The van der Waals surface area contributed by atoms with Gasteiger partial charge in [-0.25, -0.2) is 5.43 Å². The summed E-state index contributed by atoms with van der Waals surface area (Å²) >= 11 is 2.22. The number of nitrogens with zero attached hydrogens (tertiary/aromatic N) is 2. The fourth-order valence-corrected chi connectivity index (χ4v) is 5.28. The Labute approximate surface area is 253 Å². The molecule has 7 heteroatoms. The standard InChI is InChI=1S/C34H30IN3O3/c1-23-9-12-25(13-10-23)22-41-33-30(35)19-26(20-32(33)40-3)21-36-37-34(39)28-14-16-29(17-15-28)38-24(2)11-18-31(38)27-7-5-4-6-8-27/h4-21H,22H2,1-3H3,(H,37,39)/b36-21+. The molecule has 0 saturated carbocycles. The summed E-state index contributed by atoms with van der Waals surface area (Å²) in [7, 11) is 1.61. The van der Waals surface area contributed by atoms with Crippen molar-refractivity contribution in [2.45, 2.75) is 20.5 Å². The molecule has 1 N–H and O–H groups in total. The van der Waals surface area contributed by atoms with E-state index in [1.54, 1.807) is 25.5 Å². The molecule has 0 unspecified atom stereocenters. The van der Waals surface area contributed by atoms with Crippen molar-refractivity contribution < 1.29 is 14.3 Å². The third kappa shape index (κ3) is 6.69. The number of benzene rings is 4. The molecule has 5 aromatic rings. The van der Waals surface area contributed by atoms with Gasteiger partial charge >= 0.3 is 0 Å². The Kier molecular flexibility index (Phi) is 8.84. The van der Waals surface area contributed by atoms with Crippen molar-refractivity contribution in [3.8, 4) is 28.4 Å².